The van der Waals surface area contributed by atoms with Gasteiger partial charge in [-0.1, -0.05) is 42.5 Å². The Kier molecular flexibility index (Phi) is 3.12. The molecule has 3 heteroatoms. The minimum atomic E-state index is -0.872. The summed E-state index contributed by atoms with van der Waals surface area (Å²) in [6.07, 6.45) is -0.872. The summed E-state index contributed by atoms with van der Waals surface area (Å²) in [7, 11) is 1.59. The Hall–Kier alpha value is -2.39. The van der Waals surface area contributed by atoms with Crippen LogP contribution in [0.4, 0.5) is 0 Å². The first-order valence-corrected chi connectivity index (χ1v) is 6.38. The van der Waals surface area contributed by atoms with Crippen LogP contribution in [0, 0.1) is 0 Å². The van der Waals surface area contributed by atoms with Crippen molar-refractivity contribution < 1.29 is 9.84 Å². The predicted molar refractivity (Wildman–Crippen MR) is 77.6 cm³/mol. The molecule has 0 saturated heterocycles. The molecule has 1 atom stereocenters. The quantitative estimate of drug-likeness (QED) is 0.789. The van der Waals surface area contributed by atoms with Gasteiger partial charge in [0, 0.05) is 11.1 Å². The molecule has 0 amide bonds. The van der Waals surface area contributed by atoms with Gasteiger partial charge in [0.15, 0.2) is 5.43 Å². The lowest BCUT2D eigenvalue weighted by Crippen LogP contribution is -1.98. The molecule has 0 fully saturated rings. The van der Waals surface area contributed by atoms with Crippen LogP contribution >= 0.6 is 0 Å². The molecule has 0 radical (unpaired) electrons. The van der Waals surface area contributed by atoms with E-state index >= 15 is 0 Å². The van der Waals surface area contributed by atoms with E-state index in [0.29, 0.717) is 16.7 Å². The fraction of sp³-hybridized carbons (Fsp3) is 0.118. The molecule has 3 nitrogen and oxygen atoms in total. The number of rotatable bonds is 4. The molecule has 1 unspecified atom stereocenters. The van der Waals surface area contributed by atoms with Gasteiger partial charge in [-0.25, -0.2) is 0 Å². The number of aliphatic hydroxyl groups excluding tert-OH is 1. The van der Waals surface area contributed by atoms with Crippen LogP contribution in [-0.2, 0) is 0 Å². The van der Waals surface area contributed by atoms with Gasteiger partial charge in [-0.3, -0.25) is 4.79 Å². The molecule has 0 aliphatic carbocycles. The van der Waals surface area contributed by atoms with Gasteiger partial charge in [-0.15, -0.1) is 0 Å². The zero-order chi connectivity index (χ0) is 14.1. The first kappa shape index (κ1) is 12.6. The predicted octanol–water partition coefficient (Wildman–Crippen LogP) is 2.68. The van der Waals surface area contributed by atoms with Crippen LogP contribution in [-0.4, -0.2) is 12.2 Å². The van der Waals surface area contributed by atoms with Gasteiger partial charge in [0.1, 0.15) is 11.9 Å². The lowest BCUT2D eigenvalue weighted by Gasteiger charge is -2.07. The number of benzene rings is 2. The molecule has 100 valence electrons. The minimum absolute atomic E-state index is 0.0560. The second kappa shape index (κ2) is 4.94. The number of aliphatic hydroxyl groups is 1. The van der Waals surface area contributed by atoms with Crippen molar-refractivity contribution >= 4 is 0 Å². The van der Waals surface area contributed by atoms with E-state index in [1.54, 1.807) is 31.4 Å². The van der Waals surface area contributed by atoms with E-state index in [1.807, 2.05) is 30.3 Å². The topological polar surface area (TPSA) is 46.5 Å². The summed E-state index contributed by atoms with van der Waals surface area (Å²) in [6.45, 7) is 0. The first-order valence-electron chi connectivity index (χ1n) is 6.38. The molecule has 3 aromatic rings. The van der Waals surface area contributed by atoms with E-state index < -0.39 is 6.10 Å². The Labute approximate surface area is 116 Å². The number of hydrogen-bond donors (Lipinski definition) is 1. The third kappa shape index (κ3) is 2.12. The second-order valence-corrected chi connectivity index (χ2v) is 4.66. The van der Waals surface area contributed by atoms with Gasteiger partial charge >= 0.3 is 0 Å². The zero-order valence-corrected chi connectivity index (χ0v) is 11.0. The molecule has 0 bridgehead atoms. The molecular weight excluding hydrogens is 252 g/mol. The SMILES string of the molecule is COc1ccc(C(O)c2c(-c3ccccc3)c2=O)cc1. The highest BCUT2D eigenvalue weighted by Crippen LogP contribution is 2.34. The van der Waals surface area contributed by atoms with E-state index in [0.717, 1.165) is 11.3 Å². The number of hydrogen-bond acceptors (Lipinski definition) is 3. The Morgan fingerprint density at radius 3 is 2.25 bits per heavy atom. The van der Waals surface area contributed by atoms with E-state index in [1.165, 1.54) is 0 Å². The van der Waals surface area contributed by atoms with Gasteiger partial charge in [0.25, 0.3) is 0 Å². The first-order chi connectivity index (χ1) is 9.72. The summed E-state index contributed by atoms with van der Waals surface area (Å²) < 4.78 is 5.08. The summed E-state index contributed by atoms with van der Waals surface area (Å²) in [5, 5.41) is 10.3. The minimum Gasteiger partial charge on any atom is -0.497 e. The van der Waals surface area contributed by atoms with Crippen molar-refractivity contribution in [1.29, 1.82) is 0 Å². The highest BCUT2D eigenvalue weighted by molar-refractivity contribution is 5.77. The Balaban J connectivity index is 1.89. The Morgan fingerprint density at radius 2 is 1.65 bits per heavy atom. The molecule has 0 aliphatic rings. The molecule has 3 rings (SSSR count). The van der Waals surface area contributed by atoms with Gasteiger partial charge in [-0.2, -0.15) is 0 Å². The van der Waals surface area contributed by atoms with E-state index in [-0.39, 0.29) is 5.43 Å². The van der Waals surface area contributed by atoms with Crippen LogP contribution in [0.5, 0.6) is 5.75 Å². The zero-order valence-electron chi connectivity index (χ0n) is 11.0. The van der Waals surface area contributed by atoms with Crippen LogP contribution in [0.2, 0.25) is 0 Å². The maximum absolute atomic E-state index is 11.9. The molecule has 0 spiro atoms. The van der Waals surface area contributed by atoms with Gasteiger partial charge in [0.2, 0.25) is 0 Å². The average molecular weight is 266 g/mol. The van der Waals surface area contributed by atoms with Crippen LogP contribution in [0.1, 0.15) is 17.2 Å². The van der Waals surface area contributed by atoms with Crippen molar-refractivity contribution in [2.24, 2.45) is 0 Å². The maximum atomic E-state index is 11.9. The second-order valence-electron chi connectivity index (χ2n) is 4.66. The molecule has 3 aromatic carbocycles. The van der Waals surface area contributed by atoms with Crippen molar-refractivity contribution in [3.63, 3.8) is 0 Å². The molecule has 0 aliphatic heterocycles. The average Bonchev–Trinajstić information content (AvgIpc) is 3.19. The Morgan fingerprint density at radius 1 is 1.00 bits per heavy atom. The number of ether oxygens (including phenoxy) is 1. The van der Waals surface area contributed by atoms with Crippen molar-refractivity contribution in [1.82, 2.24) is 0 Å². The molecule has 0 saturated carbocycles. The van der Waals surface area contributed by atoms with Gasteiger partial charge in [-0.05, 0) is 23.3 Å². The van der Waals surface area contributed by atoms with Crippen molar-refractivity contribution in [2.45, 2.75) is 6.10 Å². The molecule has 0 heterocycles. The molecule has 0 aromatic heterocycles. The molecule has 1 N–H and O–H groups in total. The van der Waals surface area contributed by atoms with E-state index in [9.17, 15) is 9.90 Å². The summed E-state index contributed by atoms with van der Waals surface area (Å²) in [6, 6.07) is 16.5. The van der Waals surface area contributed by atoms with Crippen LogP contribution in [0.15, 0.2) is 59.4 Å². The molecular formula is C17H14O3. The summed E-state index contributed by atoms with van der Waals surface area (Å²) in [5.74, 6) is 0.723. The third-order valence-corrected chi connectivity index (χ3v) is 3.45. The fourth-order valence-electron chi connectivity index (χ4n) is 2.29. The highest BCUT2D eigenvalue weighted by Gasteiger charge is 2.30. The lowest BCUT2D eigenvalue weighted by molar-refractivity contribution is 0.223. The molecule has 20 heavy (non-hydrogen) atoms. The van der Waals surface area contributed by atoms with Crippen LogP contribution < -0.4 is 10.2 Å². The van der Waals surface area contributed by atoms with Gasteiger partial charge in [0.05, 0.1) is 7.11 Å². The Bertz CT molecular complexity index is 719. The highest BCUT2D eigenvalue weighted by atomic mass is 16.5. The summed E-state index contributed by atoms with van der Waals surface area (Å²) in [5.41, 5.74) is 2.62. The third-order valence-electron chi connectivity index (χ3n) is 3.45. The van der Waals surface area contributed by atoms with Gasteiger partial charge < -0.3 is 9.84 Å². The lowest BCUT2D eigenvalue weighted by atomic mass is 10.1. The maximum Gasteiger partial charge on any atom is 0.193 e. The van der Waals surface area contributed by atoms with Crippen LogP contribution in [0.3, 0.4) is 0 Å². The number of methoxy groups -OCH3 is 1. The van der Waals surface area contributed by atoms with Crippen LogP contribution in [0.25, 0.3) is 11.1 Å². The standard InChI is InChI=1S/C17H14O3/c1-20-13-9-7-12(8-10-13)16(18)15-14(17(15)19)11-5-3-2-4-6-11/h2-10,16,18H,1H3. The van der Waals surface area contributed by atoms with Crippen molar-refractivity contribution in [3.8, 4) is 16.9 Å². The largest absolute Gasteiger partial charge is 0.497 e. The smallest absolute Gasteiger partial charge is 0.193 e. The van der Waals surface area contributed by atoms with Crippen molar-refractivity contribution in [3.05, 3.63) is 75.9 Å². The summed E-state index contributed by atoms with van der Waals surface area (Å²) >= 11 is 0. The fourth-order valence-corrected chi connectivity index (χ4v) is 2.29. The van der Waals surface area contributed by atoms with Crippen molar-refractivity contribution in [2.75, 3.05) is 7.11 Å². The van der Waals surface area contributed by atoms with E-state index in [2.05, 4.69) is 0 Å². The van der Waals surface area contributed by atoms with E-state index in [4.69, 9.17) is 4.74 Å². The monoisotopic (exact) mass is 266 g/mol. The normalized spacial score (nSPS) is 12.5. The summed E-state index contributed by atoms with van der Waals surface area (Å²) in [4.78, 5) is 11.9.